The van der Waals surface area contributed by atoms with Gasteiger partial charge in [0.15, 0.2) is 5.82 Å². The van der Waals surface area contributed by atoms with Gasteiger partial charge < -0.3 is 11.6 Å². The van der Waals surface area contributed by atoms with Gasteiger partial charge in [-0.1, -0.05) is 13.8 Å². The molecule has 4 N–H and O–H groups in total. The third-order valence-electron chi connectivity index (χ3n) is 3.68. The summed E-state index contributed by atoms with van der Waals surface area (Å²) in [5.74, 6) is 7.87. The molecule has 0 unspecified atom stereocenters. The van der Waals surface area contributed by atoms with Crippen LogP contribution in [0.1, 0.15) is 49.7 Å². The lowest BCUT2D eigenvalue weighted by atomic mass is 9.95. The molecule has 0 aliphatic heterocycles. The predicted molar refractivity (Wildman–Crippen MR) is 72.8 cm³/mol. The van der Waals surface area contributed by atoms with Gasteiger partial charge in [-0.05, 0) is 25.7 Å². The van der Waals surface area contributed by atoms with Crippen molar-refractivity contribution >= 4 is 16.9 Å². The van der Waals surface area contributed by atoms with E-state index >= 15 is 0 Å². The minimum atomic E-state index is 0.279. The molecule has 5 nitrogen and oxygen atoms in total. The molecule has 2 heterocycles. The van der Waals surface area contributed by atoms with Crippen LogP contribution in [0.4, 0.5) is 5.82 Å². The number of rotatable bonds is 1. The number of fused-ring (bicyclic) bond motifs is 3. The van der Waals surface area contributed by atoms with Crippen LogP contribution in [0.25, 0.3) is 11.0 Å². The van der Waals surface area contributed by atoms with Crippen LogP contribution in [0.15, 0.2) is 0 Å². The first kappa shape index (κ1) is 11.3. The lowest BCUT2D eigenvalue weighted by Gasteiger charge is -2.17. The summed E-state index contributed by atoms with van der Waals surface area (Å²) in [6.07, 6.45) is 4.40. The van der Waals surface area contributed by atoms with Crippen LogP contribution in [0.3, 0.4) is 0 Å². The van der Waals surface area contributed by atoms with Crippen LogP contribution in [0.2, 0.25) is 0 Å². The van der Waals surface area contributed by atoms with Gasteiger partial charge in [-0.3, -0.25) is 0 Å². The molecule has 1 aliphatic carbocycles. The summed E-state index contributed by atoms with van der Waals surface area (Å²) >= 11 is 0. The zero-order valence-corrected chi connectivity index (χ0v) is 10.9. The quantitative estimate of drug-likeness (QED) is 0.749. The van der Waals surface area contributed by atoms with Crippen LogP contribution in [-0.4, -0.2) is 14.6 Å². The van der Waals surface area contributed by atoms with Crippen molar-refractivity contribution in [3.05, 3.63) is 17.1 Å². The van der Waals surface area contributed by atoms with Crippen LogP contribution in [-0.2, 0) is 12.8 Å². The van der Waals surface area contributed by atoms with E-state index in [9.17, 15) is 0 Å². The van der Waals surface area contributed by atoms with E-state index in [2.05, 4.69) is 23.8 Å². The molecule has 0 fully saturated rings. The second kappa shape index (κ2) is 3.86. The minimum absolute atomic E-state index is 0.279. The fourth-order valence-electron chi connectivity index (χ4n) is 2.79. The smallest absolute Gasteiger partial charge is 0.151 e. The molecule has 18 heavy (non-hydrogen) atoms. The Morgan fingerprint density at radius 1 is 1.17 bits per heavy atom. The number of aryl methyl sites for hydroxylation is 2. The van der Waals surface area contributed by atoms with Crippen molar-refractivity contribution in [2.75, 3.05) is 11.6 Å². The number of nitrogens with zero attached hydrogens (tertiary/aromatic N) is 3. The van der Waals surface area contributed by atoms with E-state index in [1.54, 1.807) is 4.68 Å². The molecule has 2 aromatic heterocycles. The Bertz CT molecular complexity index is 612. The van der Waals surface area contributed by atoms with E-state index in [1.807, 2.05) is 0 Å². The molecule has 3 rings (SSSR count). The standard InChI is InChI=1S/C13H19N5/c1-7(2)13-17-10-11(18(13)15)8-5-3-4-6-9(8)16-12(10)14/h7H,3-6,15H2,1-2H3,(H2,14,16). The average molecular weight is 245 g/mol. The molecule has 0 saturated carbocycles. The third-order valence-corrected chi connectivity index (χ3v) is 3.68. The Morgan fingerprint density at radius 2 is 1.89 bits per heavy atom. The Hall–Kier alpha value is -1.78. The Kier molecular flexibility index (Phi) is 2.43. The van der Waals surface area contributed by atoms with Gasteiger partial charge in [-0.25, -0.2) is 14.6 Å². The number of anilines is 1. The highest BCUT2D eigenvalue weighted by molar-refractivity contribution is 5.89. The van der Waals surface area contributed by atoms with E-state index in [4.69, 9.17) is 11.6 Å². The number of aromatic nitrogens is 3. The summed E-state index contributed by atoms with van der Waals surface area (Å²) < 4.78 is 1.71. The normalized spacial score (nSPS) is 15.3. The summed E-state index contributed by atoms with van der Waals surface area (Å²) in [4.78, 5) is 9.07. The Morgan fingerprint density at radius 3 is 2.61 bits per heavy atom. The van der Waals surface area contributed by atoms with Crippen molar-refractivity contribution in [2.24, 2.45) is 0 Å². The molecule has 0 saturated heterocycles. The van der Waals surface area contributed by atoms with E-state index in [0.29, 0.717) is 5.82 Å². The topological polar surface area (TPSA) is 82.8 Å². The summed E-state index contributed by atoms with van der Waals surface area (Å²) in [5.41, 5.74) is 10.1. The van der Waals surface area contributed by atoms with E-state index in [0.717, 1.165) is 35.4 Å². The highest BCUT2D eigenvalue weighted by atomic mass is 15.3. The molecule has 0 radical (unpaired) electrons. The number of hydrogen-bond donors (Lipinski definition) is 2. The maximum absolute atomic E-state index is 6.20. The molecule has 0 amide bonds. The lowest BCUT2D eigenvalue weighted by molar-refractivity contribution is 0.670. The van der Waals surface area contributed by atoms with Crippen molar-refractivity contribution in [3.8, 4) is 0 Å². The van der Waals surface area contributed by atoms with Crippen molar-refractivity contribution in [3.63, 3.8) is 0 Å². The van der Waals surface area contributed by atoms with Gasteiger partial charge in [0.25, 0.3) is 0 Å². The second-order valence-corrected chi connectivity index (χ2v) is 5.32. The molecular formula is C13H19N5. The highest BCUT2D eigenvalue weighted by Crippen LogP contribution is 2.31. The molecule has 0 aromatic carbocycles. The van der Waals surface area contributed by atoms with Gasteiger partial charge in [0.1, 0.15) is 11.3 Å². The predicted octanol–water partition coefficient (Wildman–Crippen LogP) is 1.73. The average Bonchev–Trinajstić information content (AvgIpc) is 2.69. The van der Waals surface area contributed by atoms with Gasteiger partial charge in [0.05, 0.1) is 5.52 Å². The third kappa shape index (κ3) is 1.46. The first-order chi connectivity index (χ1) is 8.59. The fraction of sp³-hybridized carbons (Fsp3) is 0.538. The molecule has 0 spiro atoms. The van der Waals surface area contributed by atoms with Gasteiger partial charge in [-0.2, -0.15) is 0 Å². The number of hydrogen-bond acceptors (Lipinski definition) is 4. The van der Waals surface area contributed by atoms with Gasteiger partial charge >= 0.3 is 0 Å². The first-order valence-electron chi connectivity index (χ1n) is 6.54. The first-order valence-corrected chi connectivity index (χ1v) is 6.54. The molecule has 0 bridgehead atoms. The highest BCUT2D eigenvalue weighted by Gasteiger charge is 2.22. The fourth-order valence-corrected chi connectivity index (χ4v) is 2.79. The molecular weight excluding hydrogens is 226 g/mol. The zero-order valence-electron chi connectivity index (χ0n) is 10.9. The molecule has 0 atom stereocenters. The van der Waals surface area contributed by atoms with Crippen molar-refractivity contribution < 1.29 is 0 Å². The summed E-state index contributed by atoms with van der Waals surface area (Å²) in [6.45, 7) is 4.17. The van der Waals surface area contributed by atoms with Crippen LogP contribution < -0.4 is 11.6 Å². The van der Waals surface area contributed by atoms with E-state index < -0.39 is 0 Å². The van der Waals surface area contributed by atoms with Crippen LogP contribution in [0, 0.1) is 0 Å². The number of pyridine rings is 1. The van der Waals surface area contributed by atoms with Gasteiger partial charge in [0, 0.05) is 17.2 Å². The second-order valence-electron chi connectivity index (χ2n) is 5.32. The van der Waals surface area contributed by atoms with E-state index in [-0.39, 0.29) is 5.92 Å². The number of imidazole rings is 1. The number of nitrogen functional groups attached to an aromatic ring is 2. The molecule has 1 aliphatic rings. The molecule has 5 heteroatoms. The van der Waals surface area contributed by atoms with E-state index in [1.165, 1.54) is 18.4 Å². The van der Waals surface area contributed by atoms with Crippen LogP contribution in [0.5, 0.6) is 0 Å². The maximum atomic E-state index is 6.20. The molecule has 2 aromatic rings. The Labute approximate surface area is 106 Å². The monoisotopic (exact) mass is 245 g/mol. The Balaban J connectivity index is 2.37. The van der Waals surface area contributed by atoms with Gasteiger partial charge in [-0.15, -0.1) is 0 Å². The summed E-state index contributed by atoms with van der Waals surface area (Å²) in [5, 5.41) is 0. The SMILES string of the molecule is CC(C)c1nc2c(N)nc3c(c2n1N)CCCC3. The largest absolute Gasteiger partial charge is 0.382 e. The maximum Gasteiger partial charge on any atom is 0.151 e. The van der Waals surface area contributed by atoms with Crippen molar-refractivity contribution in [1.82, 2.24) is 14.6 Å². The van der Waals surface area contributed by atoms with Gasteiger partial charge in [0.2, 0.25) is 0 Å². The summed E-state index contributed by atoms with van der Waals surface area (Å²) in [6, 6.07) is 0. The van der Waals surface area contributed by atoms with Crippen LogP contribution >= 0.6 is 0 Å². The number of nitrogens with two attached hydrogens (primary N) is 2. The van der Waals surface area contributed by atoms with Crippen molar-refractivity contribution in [1.29, 1.82) is 0 Å². The zero-order chi connectivity index (χ0) is 12.9. The summed E-state index contributed by atoms with van der Waals surface area (Å²) in [7, 11) is 0. The lowest BCUT2D eigenvalue weighted by Crippen LogP contribution is -2.16. The van der Waals surface area contributed by atoms with Crippen molar-refractivity contribution in [2.45, 2.75) is 45.4 Å². The minimum Gasteiger partial charge on any atom is -0.382 e. The molecule has 96 valence electrons.